The Balaban J connectivity index is 1.49. The largest absolute Gasteiger partial charge is 0.494 e. The van der Waals surface area contributed by atoms with Gasteiger partial charge in [-0.15, -0.1) is 0 Å². The number of carbonyl (C=O) groups is 1. The van der Waals surface area contributed by atoms with Crippen molar-refractivity contribution in [1.29, 1.82) is 0 Å². The van der Waals surface area contributed by atoms with Gasteiger partial charge in [0.1, 0.15) is 11.4 Å². The molecule has 0 saturated heterocycles. The molecule has 0 spiro atoms. The van der Waals surface area contributed by atoms with Crippen molar-refractivity contribution < 1.29 is 9.53 Å². The molecule has 0 aliphatic heterocycles. The molecule has 1 fully saturated rings. The molecule has 3 N–H and O–H groups in total. The number of likely N-dealkylation sites (N-methyl/N-ethyl adjacent to an activating group) is 2. The quantitative estimate of drug-likeness (QED) is 0.145. The highest BCUT2D eigenvalue weighted by molar-refractivity contribution is 6.02. The summed E-state index contributed by atoms with van der Waals surface area (Å²) in [5, 5.41) is 11.0. The second-order valence-corrected chi connectivity index (χ2v) is 12.3. The third kappa shape index (κ3) is 7.57. The topological polar surface area (TPSA) is 99.6 Å². The molecule has 4 aromatic rings. The van der Waals surface area contributed by atoms with E-state index in [-0.39, 0.29) is 5.91 Å². The highest BCUT2D eigenvalue weighted by atomic mass is 16.5. The van der Waals surface area contributed by atoms with Crippen molar-refractivity contribution in [2.24, 2.45) is 0 Å². The van der Waals surface area contributed by atoms with Gasteiger partial charge in [0.15, 0.2) is 0 Å². The van der Waals surface area contributed by atoms with Gasteiger partial charge in [0.2, 0.25) is 11.9 Å². The standard InChI is InChI=1S/C35H46N8O2/c1-8-33(44)38-29-19-30(32(45-7)20-31(29)42(6)14-13-41(4)5)39-35-37-21-25-18-28(22-36-26-16-23(2)15-24(3)17-26)43(34(25)40-35)27-11-9-10-12-27/h8,15-21,27,36H,1,9-14,22H2,2-7H3,(H,38,44)(H,37,39,40). The van der Waals surface area contributed by atoms with E-state index >= 15 is 0 Å². The van der Waals surface area contributed by atoms with Gasteiger partial charge in [-0.05, 0) is 82.3 Å². The summed E-state index contributed by atoms with van der Waals surface area (Å²) in [4.78, 5) is 26.3. The number of hydrogen-bond donors (Lipinski definition) is 3. The molecule has 1 saturated carbocycles. The van der Waals surface area contributed by atoms with Gasteiger partial charge >= 0.3 is 0 Å². The Morgan fingerprint density at radius 1 is 1.04 bits per heavy atom. The monoisotopic (exact) mass is 610 g/mol. The van der Waals surface area contributed by atoms with Crippen molar-refractivity contribution in [2.45, 2.75) is 52.1 Å². The van der Waals surface area contributed by atoms with Crippen molar-refractivity contribution in [2.75, 3.05) is 62.2 Å². The Morgan fingerprint density at radius 3 is 2.44 bits per heavy atom. The number of benzene rings is 2. The van der Waals surface area contributed by atoms with Crippen LogP contribution in [0.2, 0.25) is 0 Å². The first kappa shape index (κ1) is 31.8. The third-order valence-corrected chi connectivity index (χ3v) is 8.34. The van der Waals surface area contributed by atoms with Crippen molar-refractivity contribution in [3.63, 3.8) is 0 Å². The SMILES string of the molecule is C=CC(=O)Nc1cc(Nc2ncc3cc(CNc4cc(C)cc(C)c4)n(C4CCCC4)c3n2)c(OC)cc1N(C)CCN(C)C. The molecule has 2 heterocycles. The summed E-state index contributed by atoms with van der Waals surface area (Å²) in [6.07, 6.45) is 7.85. The zero-order valence-electron chi connectivity index (χ0n) is 27.4. The number of rotatable bonds is 13. The molecular formula is C35H46N8O2. The van der Waals surface area contributed by atoms with E-state index in [2.05, 4.69) is 80.0 Å². The van der Waals surface area contributed by atoms with Crippen LogP contribution in [0.5, 0.6) is 5.75 Å². The number of fused-ring (bicyclic) bond motifs is 1. The fraction of sp³-hybridized carbons (Fsp3) is 0.400. The summed E-state index contributed by atoms with van der Waals surface area (Å²) >= 11 is 0. The zero-order valence-corrected chi connectivity index (χ0v) is 27.4. The molecule has 2 aromatic carbocycles. The number of aryl methyl sites for hydroxylation is 2. The predicted molar refractivity (Wildman–Crippen MR) is 185 cm³/mol. The first-order chi connectivity index (χ1) is 21.6. The minimum absolute atomic E-state index is 0.289. The predicted octanol–water partition coefficient (Wildman–Crippen LogP) is 6.65. The molecule has 0 radical (unpaired) electrons. The van der Waals surface area contributed by atoms with Crippen LogP contribution in [-0.4, -0.2) is 66.7 Å². The summed E-state index contributed by atoms with van der Waals surface area (Å²) in [6, 6.07) is 12.9. The van der Waals surface area contributed by atoms with E-state index in [4.69, 9.17) is 9.72 Å². The maximum Gasteiger partial charge on any atom is 0.247 e. The number of ether oxygens (including phenoxy) is 1. The number of carbonyl (C=O) groups excluding carboxylic acids is 1. The molecule has 1 amide bonds. The molecule has 238 valence electrons. The van der Waals surface area contributed by atoms with E-state index in [0.717, 1.165) is 48.3 Å². The highest BCUT2D eigenvalue weighted by Crippen LogP contribution is 2.39. The van der Waals surface area contributed by atoms with Crippen LogP contribution in [0.4, 0.5) is 28.7 Å². The summed E-state index contributed by atoms with van der Waals surface area (Å²) in [7, 11) is 7.70. The van der Waals surface area contributed by atoms with Crippen LogP contribution < -0.4 is 25.6 Å². The van der Waals surface area contributed by atoms with E-state index < -0.39 is 0 Å². The first-order valence-electron chi connectivity index (χ1n) is 15.6. The summed E-state index contributed by atoms with van der Waals surface area (Å²) in [5.74, 6) is 0.788. The van der Waals surface area contributed by atoms with Gasteiger partial charge in [0, 0.05) is 55.2 Å². The summed E-state index contributed by atoms with van der Waals surface area (Å²) in [5.41, 5.74) is 7.83. The summed E-state index contributed by atoms with van der Waals surface area (Å²) in [6.45, 7) is 10.2. The highest BCUT2D eigenvalue weighted by Gasteiger charge is 2.23. The Labute approximate surface area is 266 Å². The molecule has 2 aromatic heterocycles. The molecular weight excluding hydrogens is 564 g/mol. The molecule has 10 heteroatoms. The first-order valence-corrected chi connectivity index (χ1v) is 15.6. The minimum atomic E-state index is -0.289. The van der Waals surface area contributed by atoms with Gasteiger partial charge in [-0.2, -0.15) is 4.98 Å². The molecule has 0 atom stereocenters. The number of nitrogens with zero attached hydrogens (tertiary/aromatic N) is 5. The molecule has 0 unspecified atom stereocenters. The van der Waals surface area contributed by atoms with E-state index in [1.54, 1.807) is 7.11 Å². The number of methoxy groups -OCH3 is 1. The van der Waals surface area contributed by atoms with Gasteiger partial charge < -0.3 is 35.1 Å². The normalized spacial score (nSPS) is 13.3. The fourth-order valence-electron chi connectivity index (χ4n) is 6.12. The van der Waals surface area contributed by atoms with Gasteiger partial charge in [-0.3, -0.25) is 4.79 Å². The van der Waals surface area contributed by atoms with Gasteiger partial charge in [0.25, 0.3) is 0 Å². The zero-order chi connectivity index (χ0) is 32.1. The van der Waals surface area contributed by atoms with Crippen LogP contribution in [0.1, 0.15) is 48.5 Å². The Hall–Kier alpha value is -4.57. The smallest absolute Gasteiger partial charge is 0.247 e. The lowest BCUT2D eigenvalue weighted by molar-refractivity contribution is -0.111. The Kier molecular flexibility index (Phi) is 9.93. The Bertz CT molecular complexity index is 1650. The number of hydrogen-bond acceptors (Lipinski definition) is 8. The maximum absolute atomic E-state index is 12.4. The third-order valence-electron chi connectivity index (χ3n) is 8.34. The van der Waals surface area contributed by atoms with Crippen LogP contribution in [0.3, 0.4) is 0 Å². The van der Waals surface area contributed by atoms with Gasteiger partial charge in [-0.1, -0.05) is 25.5 Å². The lowest BCUT2D eigenvalue weighted by atomic mass is 10.1. The minimum Gasteiger partial charge on any atom is -0.494 e. The molecule has 45 heavy (non-hydrogen) atoms. The lowest BCUT2D eigenvalue weighted by Crippen LogP contribution is -2.29. The van der Waals surface area contributed by atoms with E-state index in [1.165, 1.54) is 35.7 Å². The average molecular weight is 611 g/mol. The maximum atomic E-state index is 12.4. The molecule has 1 aliphatic rings. The van der Waals surface area contributed by atoms with Crippen LogP contribution in [0.15, 0.2) is 55.3 Å². The van der Waals surface area contributed by atoms with Crippen LogP contribution in [-0.2, 0) is 11.3 Å². The van der Waals surface area contributed by atoms with E-state index in [9.17, 15) is 4.79 Å². The second-order valence-electron chi connectivity index (χ2n) is 12.3. The van der Waals surface area contributed by atoms with Gasteiger partial charge in [0.05, 0.1) is 30.7 Å². The summed E-state index contributed by atoms with van der Waals surface area (Å²) < 4.78 is 8.21. The van der Waals surface area contributed by atoms with E-state index in [1.807, 2.05) is 39.5 Å². The van der Waals surface area contributed by atoms with Crippen LogP contribution in [0, 0.1) is 13.8 Å². The van der Waals surface area contributed by atoms with Crippen LogP contribution in [0.25, 0.3) is 11.0 Å². The molecule has 5 rings (SSSR count). The van der Waals surface area contributed by atoms with E-state index in [0.29, 0.717) is 35.7 Å². The molecule has 0 bridgehead atoms. The van der Waals surface area contributed by atoms with Gasteiger partial charge in [-0.25, -0.2) is 4.98 Å². The van der Waals surface area contributed by atoms with Crippen molar-refractivity contribution in [3.05, 3.63) is 72.1 Å². The number of nitrogens with one attached hydrogen (secondary N) is 3. The lowest BCUT2D eigenvalue weighted by Gasteiger charge is -2.26. The van der Waals surface area contributed by atoms with Crippen molar-refractivity contribution in [1.82, 2.24) is 19.4 Å². The van der Waals surface area contributed by atoms with Crippen molar-refractivity contribution >= 4 is 45.6 Å². The van der Waals surface area contributed by atoms with Crippen LogP contribution >= 0.6 is 0 Å². The second kappa shape index (κ2) is 14.0. The number of aromatic nitrogens is 3. The van der Waals surface area contributed by atoms with Crippen molar-refractivity contribution in [3.8, 4) is 5.75 Å². The average Bonchev–Trinajstić information content (AvgIpc) is 3.66. The number of anilines is 5. The fourth-order valence-corrected chi connectivity index (χ4v) is 6.12. The molecule has 1 aliphatic carbocycles. The Morgan fingerprint density at radius 2 is 1.78 bits per heavy atom. The molecule has 10 nitrogen and oxygen atoms in total. The number of amides is 1.